The van der Waals surface area contributed by atoms with Crippen LogP contribution in [0.3, 0.4) is 0 Å². The predicted octanol–water partition coefficient (Wildman–Crippen LogP) is 2.12. The Morgan fingerprint density at radius 2 is 2.20 bits per heavy atom. The van der Waals surface area contributed by atoms with Gasteiger partial charge in [0.05, 0.1) is 6.54 Å². The molecule has 0 amide bonds. The molecule has 1 aliphatic rings. The van der Waals surface area contributed by atoms with Gasteiger partial charge in [0, 0.05) is 18.8 Å². The van der Waals surface area contributed by atoms with Crippen molar-refractivity contribution in [3.8, 4) is 0 Å². The number of furan rings is 1. The van der Waals surface area contributed by atoms with E-state index in [9.17, 15) is 4.79 Å². The number of nitrogens with zero attached hydrogens (tertiary/aromatic N) is 1. The van der Waals surface area contributed by atoms with E-state index in [-0.39, 0.29) is 5.76 Å². The second-order valence-corrected chi connectivity index (χ2v) is 5.02. The van der Waals surface area contributed by atoms with Gasteiger partial charge in [0.15, 0.2) is 0 Å². The first kappa shape index (κ1) is 12.7. The molecule has 20 heavy (non-hydrogen) atoms. The van der Waals surface area contributed by atoms with Crippen molar-refractivity contribution in [3.05, 3.63) is 53.0 Å². The van der Waals surface area contributed by atoms with Crippen LogP contribution >= 0.6 is 0 Å². The van der Waals surface area contributed by atoms with Crippen molar-refractivity contribution in [1.29, 1.82) is 0 Å². The molecule has 1 aromatic carbocycles. The van der Waals surface area contributed by atoms with E-state index in [4.69, 9.17) is 15.3 Å². The van der Waals surface area contributed by atoms with Crippen molar-refractivity contribution in [2.45, 2.75) is 19.5 Å². The molecule has 0 bridgehead atoms. The molecule has 0 radical (unpaired) electrons. The summed E-state index contributed by atoms with van der Waals surface area (Å²) in [6, 6.07) is 9.21. The fourth-order valence-electron chi connectivity index (χ4n) is 2.60. The molecule has 1 aromatic heterocycles. The Morgan fingerprint density at radius 3 is 2.95 bits per heavy atom. The van der Waals surface area contributed by atoms with Gasteiger partial charge in [0.2, 0.25) is 5.76 Å². The van der Waals surface area contributed by atoms with E-state index >= 15 is 0 Å². The summed E-state index contributed by atoms with van der Waals surface area (Å²) in [4.78, 5) is 13.0. The van der Waals surface area contributed by atoms with Crippen molar-refractivity contribution < 1.29 is 14.3 Å². The lowest BCUT2D eigenvalue weighted by atomic mass is 9.98. The van der Waals surface area contributed by atoms with Crippen molar-refractivity contribution in [3.63, 3.8) is 0 Å². The van der Waals surface area contributed by atoms with Gasteiger partial charge < -0.3 is 15.3 Å². The molecule has 0 saturated heterocycles. The summed E-state index contributed by atoms with van der Waals surface area (Å²) in [7, 11) is 0. The second kappa shape index (κ2) is 5.02. The smallest absolute Gasteiger partial charge is 0.371 e. The van der Waals surface area contributed by atoms with E-state index < -0.39 is 5.97 Å². The number of hydrogen-bond acceptors (Lipinski definition) is 4. The second-order valence-electron chi connectivity index (χ2n) is 5.02. The number of nitrogen functional groups attached to an aromatic ring is 1. The number of benzene rings is 1. The molecule has 3 rings (SSSR count). The van der Waals surface area contributed by atoms with Gasteiger partial charge in [-0.25, -0.2) is 4.79 Å². The average Bonchev–Trinajstić information content (AvgIpc) is 2.88. The van der Waals surface area contributed by atoms with Gasteiger partial charge in [-0.2, -0.15) is 0 Å². The first-order valence-corrected chi connectivity index (χ1v) is 6.54. The number of hydrogen-bond donors (Lipinski definition) is 2. The van der Waals surface area contributed by atoms with Gasteiger partial charge in [-0.05, 0) is 35.7 Å². The van der Waals surface area contributed by atoms with Crippen LogP contribution in [0.1, 0.15) is 27.4 Å². The Labute approximate surface area is 116 Å². The molecular formula is C15H16N2O3. The highest BCUT2D eigenvalue weighted by molar-refractivity contribution is 5.84. The van der Waals surface area contributed by atoms with E-state index in [1.165, 1.54) is 17.2 Å². The minimum absolute atomic E-state index is 0.0167. The number of carboxylic acid groups (broad SMARTS) is 1. The van der Waals surface area contributed by atoms with Gasteiger partial charge in [-0.3, -0.25) is 4.90 Å². The Balaban J connectivity index is 1.74. The van der Waals surface area contributed by atoms with Crippen LogP contribution in [0.4, 0.5) is 5.69 Å². The molecular weight excluding hydrogens is 256 g/mol. The van der Waals surface area contributed by atoms with Crippen LogP contribution in [0, 0.1) is 0 Å². The standard InChI is InChI=1S/C15H16N2O3/c16-13-3-1-2-10-6-7-17(9-12(10)13)8-11-4-5-14(20-11)15(18)19/h1-5H,6-9,16H2,(H,18,19). The Bertz CT molecular complexity index is 648. The molecule has 5 heteroatoms. The highest BCUT2D eigenvalue weighted by atomic mass is 16.4. The fourth-order valence-corrected chi connectivity index (χ4v) is 2.60. The summed E-state index contributed by atoms with van der Waals surface area (Å²) < 4.78 is 5.29. The van der Waals surface area contributed by atoms with Crippen LogP contribution in [0.5, 0.6) is 0 Å². The summed E-state index contributed by atoms with van der Waals surface area (Å²) in [6.07, 6.45) is 0.951. The summed E-state index contributed by atoms with van der Waals surface area (Å²) in [5.74, 6) is -0.387. The number of fused-ring (bicyclic) bond motifs is 1. The van der Waals surface area contributed by atoms with Crippen molar-refractivity contribution in [2.75, 3.05) is 12.3 Å². The maximum atomic E-state index is 10.8. The number of carboxylic acids is 1. The van der Waals surface area contributed by atoms with Crippen molar-refractivity contribution in [1.82, 2.24) is 4.90 Å². The highest BCUT2D eigenvalue weighted by Crippen LogP contribution is 2.25. The Kier molecular flexibility index (Phi) is 3.20. The van der Waals surface area contributed by atoms with Crippen LogP contribution in [0.2, 0.25) is 0 Å². The lowest BCUT2D eigenvalue weighted by Crippen LogP contribution is -2.30. The van der Waals surface area contributed by atoms with E-state index in [0.717, 1.165) is 25.2 Å². The Hall–Kier alpha value is -2.27. The van der Waals surface area contributed by atoms with Gasteiger partial charge in [0.1, 0.15) is 5.76 Å². The van der Waals surface area contributed by atoms with Crippen LogP contribution in [0.25, 0.3) is 0 Å². The molecule has 0 spiro atoms. The van der Waals surface area contributed by atoms with Gasteiger partial charge in [-0.1, -0.05) is 12.1 Å². The normalized spacial score (nSPS) is 15.0. The maximum absolute atomic E-state index is 10.8. The molecule has 0 aliphatic carbocycles. The Morgan fingerprint density at radius 1 is 1.35 bits per heavy atom. The topological polar surface area (TPSA) is 79.7 Å². The molecule has 0 fully saturated rings. The molecule has 1 aliphatic heterocycles. The van der Waals surface area contributed by atoms with E-state index in [1.807, 2.05) is 12.1 Å². The van der Waals surface area contributed by atoms with Crippen LogP contribution in [-0.2, 0) is 19.5 Å². The number of nitrogens with two attached hydrogens (primary N) is 1. The third kappa shape index (κ3) is 2.40. The SMILES string of the molecule is Nc1cccc2c1CN(Cc1ccc(C(=O)O)o1)CC2. The third-order valence-corrected chi connectivity index (χ3v) is 3.64. The predicted molar refractivity (Wildman–Crippen MR) is 74.3 cm³/mol. The van der Waals surface area contributed by atoms with Gasteiger partial charge >= 0.3 is 5.97 Å². The van der Waals surface area contributed by atoms with Crippen LogP contribution < -0.4 is 5.73 Å². The summed E-state index contributed by atoms with van der Waals surface area (Å²) in [5.41, 5.74) is 9.30. The number of anilines is 1. The van der Waals surface area contributed by atoms with Crippen molar-refractivity contribution >= 4 is 11.7 Å². The van der Waals surface area contributed by atoms with Crippen LogP contribution in [0.15, 0.2) is 34.7 Å². The van der Waals surface area contributed by atoms with E-state index in [1.54, 1.807) is 6.07 Å². The summed E-state index contributed by atoms with van der Waals surface area (Å²) in [6.45, 7) is 2.28. The maximum Gasteiger partial charge on any atom is 0.371 e. The largest absolute Gasteiger partial charge is 0.475 e. The minimum Gasteiger partial charge on any atom is -0.475 e. The third-order valence-electron chi connectivity index (χ3n) is 3.64. The zero-order chi connectivity index (χ0) is 14.1. The quantitative estimate of drug-likeness (QED) is 0.837. The number of carbonyl (C=O) groups is 1. The lowest BCUT2D eigenvalue weighted by molar-refractivity contribution is 0.0658. The molecule has 5 nitrogen and oxygen atoms in total. The average molecular weight is 272 g/mol. The number of rotatable bonds is 3. The fraction of sp³-hybridized carbons (Fsp3) is 0.267. The zero-order valence-corrected chi connectivity index (χ0v) is 11.0. The molecule has 2 heterocycles. The van der Waals surface area contributed by atoms with Crippen molar-refractivity contribution in [2.24, 2.45) is 0 Å². The summed E-state index contributed by atoms with van der Waals surface area (Å²) >= 11 is 0. The highest BCUT2D eigenvalue weighted by Gasteiger charge is 2.19. The first-order valence-electron chi connectivity index (χ1n) is 6.54. The number of aromatic carboxylic acids is 1. The van der Waals surface area contributed by atoms with E-state index in [0.29, 0.717) is 12.3 Å². The monoisotopic (exact) mass is 272 g/mol. The molecule has 2 aromatic rings. The molecule has 0 unspecified atom stereocenters. The lowest BCUT2D eigenvalue weighted by Gasteiger charge is -2.28. The zero-order valence-electron chi connectivity index (χ0n) is 11.0. The van der Waals surface area contributed by atoms with E-state index in [2.05, 4.69) is 11.0 Å². The summed E-state index contributed by atoms with van der Waals surface area (Å²) in [5, 5.41) is 8.85. The van der Waals surface area contributed by atoms with Crippen LogP contribution in [-0.4, -0.2) is 22.5 Å². The first-order chi connectivity index (χ1) is 9.63. The molecule has 0 saturated carbocycles. The molecule has 104 valence electrons. The van der Waals surface area contributed by atoms with Gasteiger partial charge in [0.25, 0.3) is 0 Å². The molecule has 3 N–H and O–H groups in total. The molecule has 0 atom stereocenters. The van der Waals surface area contributed by atoms with Gasteiger partial charge in [-0.15, -0.1) is 0 Å². The minimum atomic E-state index is -1.04.